The quantitative estimate of drug-likeness (QED) is 0.769. The van der Waals surface area contributed by atoms with E-state index in [1.807, 2.05) is 6.92 Å². The first-order chi connectivity index (χ1) is 9.52. The van der Waals surface area contributed by atoms with Crippen molar-refractivity contribution in [3.05, 3.63) is 0 Å². The molecule has 2 amide bonds. The van der Waals surface area contributed by atoms with Crippen molar-refractivity contribution in [1.29, 1.82) is 0 Å². The molecule has 2 saturated heterocycles. The highest BCUT2D eigenvalue weighted by Gasteiger charge is 2.41. The van der Waals surface area contributed by atoms with Gasteiger partial charge in [0.2, 0.25) is 0 Å². The van der Waals surface area contributed by atoms with E-state index in [2.05, 4.69) is 0 Å². The maximum atomic E-state index is 12.4. The fourth-order valence-electron chi connectivity index (χ4n) is 2.89. The molecule has 20 heavy (non-hydrogen) atoms. The highest BCUT2D eigenvalue weighted by Crippen LogP contribution is 2.22. The Hall–Kier alpha value is -1.34. The molecule has 2 aliphatic heterocycles. The second kappa shape index (κ2) is 6.41. The molecule has 2 heterocycles. The van der Waals surface area contributed by atoms with Gasteiger partial charge < -0.3 is 24.7 Å². The summed E-state index contributed by atoms with van der Waals surface area (Å²) in [6, 6.07) is -1.20. The Morgan fingerprint density at radius 1 is 1.30 bits per heavy atom. The first kappa shape index (κ1) is 15.1. The third-order valence-corrected chi connectivity index (χ3v) is 3.92. The van der Waals surface area contributed by atoms with Gasteiger partial charge in [-0.05, 0) is 19.8 Å². The van der Waals surface area contributed by atoms with Gasteiger partial charge in [0.15, 0.2) is 0 Å². The number of aliphatic carboxylic acids is 1. The molecular weight excluding hydrogens is 264 g/mol. The van der Waals surface area contributed by atoms with Gasteiger partial charge in [-0.15, -0.1) is 0 Å². The number of β-amino-alcohol motifs (C(OH)–C–C–N with tert-alkyl or cyclic N) is 1. The minimum atomic E-state index is -1.06. The van der Waals surface area contributed by atoms with Crippen LogP contribution in [-0.2, 0) is 9.53 Å². The molecule has 0 spiro atoms. The van der Waals surface area contributed by atoms with Gasteiger partial charge in [-0.1, -0.05) is 0 Å². The third kappa shape index (κ3) is 3.21. The van der Waals surface area contributed by atoms with E-state index in [0.717, 1.165) is 12.8 Å². The van der Waals surface area contributed by atoms with Crippen molar-refractivity contribution in [3.63, 3.8) is 0 Å². The Labute approximate surface area is 118 Å². The summed E-state index contributed by atoms with van der Waals surface area (Å²) in [5.74, 6) is -1.06. The summed E-state index contributed by atoms with van der Waals surface area (Å²) in [5, 5.41) is 18.7. The van der Waals surface area contributed by atoms with Crippen molar-refractivity contribution in [2.75, 3.05) is 26.2 Å². The van der Waals surface area contributed by atoms with Crippen LogP contribution in [0.5, 0.6) is 0 Å². The summed E-state index contributed by atoms with van der Waals surface area (Å²) < 4.78 is 5.53. The maximum Gasteiger partial charge on any atom is 0.326 e. The number of hydrogen-bond donors (Lipinski definition) is 2. The fourth-order valence-corrected chi connectivity index (χ4v) is 2.89. The molecule has 7 heteroatoms. The zero-order valence-electron chi connectivity index (χ0n) is 11.7. The van der Waals surface area contributed by atoms with Gasteiger partial charge in [-0.3, -0.25) is 0 Å². The van der Waals surface area contributed by atoms with Gasteiger partial charge in [-0.2, -0.15) is 0 Å². The Morgan fingerprint density at radius 3 is 2.50 bits per heavy atom. The van der Waals surface area contributed by atoms with Gasteiger partial charge in [-0.25, -0.2) is 9.59 Å². The Kier molecular flexibility index (Phi) is 4.82. The van der Waals surface area contributed by atoms with Gasteiger partial charge >= 0.3 is 12.0 Å². The van der Waals surface area contributed by atoms with E-state index in [-0.39, 0.29) is 25.1 Å². The number of piperidine rings is 1. The predicted molar refractivity (Wildman–Crippen MR) is 70.4 cm³/mol. The van der Waals surface area contributed by atoms with Crippen LogP contribution in [0.4, 0.5) is 4.79 Å². The largest absolute Gasteiger partial charge is 0.480 e. The second-order valence-electron chi connectivity index (χ2n) is 5.32. The number of rotatable bonds is 3. The normalized spacial score (nSPS) is 27.9. The average Bonchev–Trinajstić information content (AvgIpc) is 2.81. The first-order valence-electron chi connectivity index (χ1n) is 7.11. The van der Waals surface area contributed by atoms with Crippen LogP contribution >= 0.6 is 0 Å². The molecule has 7 nitrogen and oxygen atoms in total. The monoisotopic (exact) mass is 286 g/mol. The number of carboxylic acid groups (broad SMARTS) is 1. The van der Waals surface area contributed by atoms with Crippen LogP contribution in [0.1, 0.15) is 26.2 Å². The second-order valence-corrected chi connectivity index (χ2v) is 5.32. The number of aliphatic hydroxyl groups is 1. The van der Waals surface area contributed by atoms with Crippen molar-refractivity contribution >= 4 is 12.0 Å². The molecule has 114 valence electrons. The number of carbonyl (C=O) groups excluding carboxylic acids is 1. The molecule has 0 aromatic rings. The van der Waals surface area contributed by atoms with Crippen LogP contribution in [-0.4, -0.2) is 76.5 Å². The topological polar surface area (TPSA) is 90.3 Å². The number of aliphatic hydroxyl groups excluding tert-OH is 1. The van der Waals surface area contributed by atoms with E-state index in [1.165, 1.54) is 4.90 Å². The Bertz CT molecular complexity index is 368. The van der Waals surface area contributed by atoms with E-state index < -0.39 is 18.1 Å². The minimum Gasteiger partial charge on any atom is -0.480 e. The zero-order chi connectivity index (χ0) is 14.7. The Balaban J connectivity index is 1.93. The summed E-state index contributed by atoms with van der Waals surface area (Å²) in [6.45, 7) is 3.85. The number of ether oxygens (including phenoxy) is 1. The van der Waals surface area contributed by atoms with Gasteiger partial charge in [0, 0.05) is 32.7 Å². The van der Waals surface area contributed by atoms with Crippen LogP contribution in [0, 0.1) is 0 Å². The summed E-state index contributed by atoms with van der Waals surface area (Å²) in [6.07, 6.45) is 1.09. The van der Waals surface area contributed by atoms with Crippen LogP contribution in [0.2, 0.25) is 0 Å². The SMILES string of the molecule is CCOC1CCN(C(=O)N2C[C@H](O)C[C@H]2C(=O)O)CC1. The number of urea groups is 1. The lowest BCUT2D eigenvalue weighted by molar-refractivity contribution is -0.141. The molecule has 2 aliphatic rings. The highest BCUT2D eigenvalue weighted by molar-refractivity contribution is 5.83. The maximum absolute atomic E-state index is 12.4. The number of hydrogen-bond acceptors (Lipinski definition) is 4. The van der Waals surface area contributed by atoms with Crippen LogP contribution in [0.15, 0.2) is 0 Å². The molecule has 2 rings (SSSR count). The standard InChI is InChI=1S/C13H22N2O5/c1-2-20-10-3-5-14(6-4-10)13(19)15-8-9(16)7-11(15)12(17)18/h9-11,16H,2-8H2,1H3,(H,17,18)/t9-,11+/m1/s1. The number of likely N-dealkylation sites (tertiary alicyclic amines) is 2. The number of amides is 2. The minimum absolute atomic E-state index is 0.0984. The summed E-state index contributed by atoms with van der Waals surface area (Å²) in [4.78, 5) is 26.4. The molecule has 2 atom stereocenters. The predicted octanol–water partition coefficient (Wildman–Crippen LogP) is 0.127. The first-order valence-corrected chi connectivity index (χ1v) is 7.11. The molecule has 0 radical (unpaired) electrons. The van der Waals surface area contributed by atoms with Crippen molar-refractivity contribution < 1.29 is 24.5 Å². The zero-order valence-corrected chi connectivity index (χ0v) is 11.7. The third-order valence-electron chi connectivity index (χ3n) is 3.92. The van der Waals surface area contributed by atoms with E-state index in [9.17, 15) is 14.7 Å². The molecule has 0 aromatic heterocycles. The summed E-state index contributed by atoms with van der Waals surface area (Å²) >= 11 is 0. The average molecular weight is 286 g/mol. The van der Waals surface area contributed by atoms with Crippen molar-refractivity contribution in [3.8, 4) is 0 Å². The van der Waals surface area contributed by atoms with Gasteiger partial charge in [0.1, 0.15) is 6.04 Å². The van der Waals surface area contributed by atoms with Gasteiger partial charge in [0.05, 0.1) is 12.2 Å². The van der Waals surface area contributed by atoms with Gasteiger partial charge in [0.25, 0.3) is 0 Å². The van der Waals surface area contributed by atoms with Crippen molar-refractivity contribution in [2.45, 2.75) is 44.4 Å². The molecule has 2 fully saturated rings. The Morgan fingerprint density at radius 2 is 1.95 bits per heavy atom. The van der Waals surface area contributed by atoms with E-state index in [4.69, 9.17) is 9.84 Å². The van der Waals surface area contributed by atoms with E-state index >= 15 is 0 Å². The van der Waals surface area contributed by atoms with Crippen LogP contribution < -0.4 is 0 Å². The smallest absolute Gasteiger partial charge is 0.326 e. The number of carbonyl (C=O) groups is 2. The molecule has 0 aromatic carbocycles. The van der Waals surface area contributed by atoms with E-state index in [0.29, 0.717) is 19.7 Å². The highest BCUT2D eigenvalue weighted by atomic mass is 16.5. The lowest BCUT2D eigenvalue weighted by Crippen LogP contribution is -2.51. The summed E-state index contributed by atoms with van der Waals surface area (Å²) in [5.41, 5.74) is 0. The van der Waals surface area contributed by atoms with Crippen molar-refractivity contribution in [2.24, 2.45) is 0 Å². The lowest BCUT2D eigenvalue weighted by Gasteiger charge is -2.35. The molecule has 0 aliphatic carbocycles. The van der Waals surface area contributed by atoms with Crippen molar-refractivity contribution in [1.82, 2.24) is 9.80 Å². The summed E-state index contributed by atoms with van der Waals surface area (Å²) in [7, 11) is 0. The molecule has 0 saturated carbocycles. The number of carboxylic acids is 1. The fraction of sp³-hybridized carbons (Fsp3) is 0.846. The molecule has 0 unspecified atom stereocenters. The molecule has 0 bridgehead atoms. The number of nitrogens with zero attached hydrogens (tertiary/aromatic N) is 2. The lowest BCUT2D eigenvalue weighted by atomic mass is 10.1. The molecular formula is C13H22N2O5. The van der Waals surface area contributed by atoms with E-state index in [1.54, 1.807) is 4.90 Å². The van der Waals surface area contributed by atoms with Crippen LogP contribution in [0.3, 0.4) is 0 Å². The molecule has 2 N–H and O–H groups in total. The van der Waals surface area contributed by atoms with Crippen LogP contribution in [0.25, 0.3) is 0 Å².